The van der Waals surface area contributed by atoms with Crippen molar-refractivity contribution in [3.63, 3.8) is 0 Å². The molecular formula is C23H30Cl2N4O2. The number of piperazine rings is 1. The molecule has 31 heavy (non-hydrogen) atoms. The summed E-state index contributed by atoms with van der Waals surface area (Å²) in [6.07, 6.45) is 0.701. The van der Waals surface area contributed by atoms with Crippen LogP contribution in [0.5, 0.6) is 5.75 Å². The van der Waals surface area contributed by atoms with E-state index in [4.69, 9.17) is 27.9 Å². The number of hydrogen-bond donors (Lipinski definition) is 3. The van der Waals surface area contributed by atoms with E-state index in [0.717, 1.165) is 31.6 Å². The Kier molecular flexibility index (Phi) is 8.43. The number of hydrogen-bond acceptors (Lipinski definition) is 4. The quantitative estimate of drug-likeness (QED) is 0.558. The number of methoxy groups -OCH3 is 1. The van der Waals surface area contributed by atoms with Crippen molar-refractivity contribution in [1.82, 2.24) is 15.5 Å². The maximum atomic E-state index is 12.8. The topological polar surface area (TPSA) is 65.6 Å². The molecule has 2 aromatic rings. The average molecular weight is 465 g/mol. The van der Waals surface area contributed by atoms with Gasteiger partial charge in [-0.2, -0.15) is 0 Å². The summed E-state index contributed by atoms with van der Waals surface area (Å²) in [6.45, 7) is 6.79. The zero-order chi connectivity index (χ0) is 22.4. The van der Waals surface area contributed by atoms with Crippen molar-refractivity contribution in [2.24, 2.45) is 5.92 Å². The molecule has 0 aliphatic carbocycles. The molecule has 1 heterocycles. The maximum absolute atomic E-state index is 12.8. The number of ether oxygens (including phenoxy) is 1. The smallest absolute Gasteiger partial charge is 0.320 e. The second-order valence-electron chi connectivity index (χ2n) is 8.07. The SMILES string of the molecule is COc1cccc(NC(=O)N[C@@H](C(C)C)N2CCNC[C@H]2Cc2ccc(Cl)c(Cl)c2)c1. The van der Waals surface area contributed by atoms with Gasteiger partial charge < -0.3 is 20.7 Å². The normalized spacial score (nSPS) is 17.9. The summed E-state index contributed by atoms with van der Waals surface area (Å²) in [7, 11) is 1.60. The summed E-state index contributed by atoms with van der Waals surface area (Å²) in [5.41, 5.74) is 1.81. The van der Waals surface area contributed by atoms with Gasteiger partial charge >= 0.3 is 6.03 Å². The van der Waals surface area contributed by atoms with Gasteiger partial charge in [-0.1, -0.05) is 49.2 Å². The minimum atomic E-state index is -0.237. The molecule has 0 saturated carbocycles. The highest BCUT2D eigenvalue weighted by Crippen LogP contribution is 2.25. The van der Waals surface area contributed by atoms with Crippen molar-refractivity contribution >= 4 is 34.9 Å². The first kappa shape index (κ1) is 23.7. The van der Waals surface area contributed by atoms with Gasteiger partial charge in [-0.3, -0.25) is 4.90 Å². The summed E-state index contributed by atoms with van der Waals surface area (Å²) in [6, 6.07) is 13.1. The van der Waals surface area contributed by atoms with E-state index in [1.54, 1.807) is 13.2 Å². The molecular weight excluding hydrogens is 435 g/mol. The number of rotatable bonds is 7. The van der Waals surface area contributed by atoms with E-state index in [-0.39, 0.29) is 24.2 Å². The van der Waals surface area contributed by atoms with Gasteiger partial charge in [0.2, 0.25) is 0 Å². The number of anilines is 1. The van der Waals surface area contributed by atoms with Crippen LogP contribution in [0.15, 0.2) is 42.5 Å². The van der Waals surface area contributed by atoms with E-state index in [1.807, 2.05) is 36.4 Å². The van der Waals surface area contributed by atoms with Gasteiger partial charge in [0.05, 0.1) is 23.3 Å². The van der Waals surface area contributed by atoms with Gasteiger partial charge in [-0.15, -0.1) is 0 Å². The fraction of sp³-hybridized carbons (Fsp3) is 0.435. The molecule has 0 aromatic heterocycles. The van der Waals surface area contributed by atoms with Crippen LogP contribution < -0.4 is 20.7 Å². The van der Waals surface area contributed by atoms with Gasteiger partial charge in [-0.25, -0.2) is 4.79 Å². The molecule has 2 aromatic carbocycles. The van der Waals surface area contributed by atoms with Crippen LogP contribution in [0.2, 0.25) is 10.0 Å². The number of halogens is 2. The Labute approximate surface area is 194 Å². The molecule has 6 nitrogen and oxygen atoms in total. The summed E-state index contributed by atoms with van der Waals surface area (Å²) in [5, 5.41) is 10.7. The van der Waals surface area contributed by atoms with Crippen molar-refractivity contribution in [1.29, 1.82) is 0 Å². The molecule has 0 spiro atoms. The lowest BCUT2D eigenvalue weighted by Gasteiger charge is -2.43. The first-order chi connectivity index (χ1) is 14.9. The first-order valence-electron chi connectivity index (χ1n) is 10.5. The van der Waals surface area contributed by atoms with Crippen LogP contribution in [0.1, 0.15) is 19.4 Å². The third-order valence-electron chi connectivity index (χ3n) is 5.45. The van der Waals surface area contributed by atoms with Crippen LogP contribution in [0.3, 0.4) is 0 Å². The van der Waals surface area contributed by atoms with Crippen molar-refractivity contribution in [2.75, 3.05) is 32.1 Å². The number of urea groups is 1. The number of nitrogens with zero attached hydrogens (tertiary/aromatic N) is 1. The van der Waals surface area contributed by atoms with E-state index in [0.29, 0.717) is 21.5 Å². The molecule has 8 heteroatoms. The van der Waals surface area contributed by atoms with Crippen LogP contribution >= 0.6 is 23.2 Å². The Hall–Kier alpha value is -1.99. The number of nitrogens with one attached hydrogen (secondary N) is 3. The van der Waals surface area contributed by atoms with Gasteiger partial charge in [-0.05, 0) is 42.2 Å². The molecule has 2 atom stereocenters. The Bertz CT molecular complexity index is 894. The third-order valence-corrected chi connectivity index (χ3v) is 6.19. The van der Waals surface area contributed by atoms with E-state index in [2.05, 4.69) is 34.7 Å². The van der Waals surface area contributed by atoms with E-state index < -0.39 is 0 Å². The summed E-state index contributed by atoms with van der Waals surface area (Å²) in [5.74, 6) is 0.924. The third kappa shape index (κ3) is 6.50. The van der Waals surface area contributed by atoms with Gasteiger partial charge in [0.25, 0.3) is 0 Å². The van der Waals surface area contributed by atoms with Crippen LogP contribution in [0.4, 0.5) is 10.5 Å². The average Bonchev–Trinajstić information content (AvgIpc) is 2.75. The largest absolute Gasteiger partial charge is 0.497 e. The van der Waals surface area contributed by atoms with Crippen molar-refractivity contribution in [3.05, 3.63) is 58.1 Å². The zero-order valence-electron chi connectivity index (χ0n) is 18.1. The van der Waals surface area contributed by atoms with Gasteiger partial charge in [0.1, 0.15) is 5.75 Å². The highest BCUT2D eigenvalue weighted by Gasteiger charge is 2.32. The van der Waals surface area contributed by atoms with Crippen molar-refractivity contribution in [2.45, 2.75) is 32.5 Å². The van der Waals surface area contributed by atoms with Crippen LogP contribution in [-0.2, 0) is 6.42 Å². The van der Waals surface area contributed by atoms with Crippen LogP contribution in [0, 0.1) is 5.92 Å². The lowest BCUT2D eigenvalue weighted by atomic mass is 9.99. The highest BCUT2D eigenvalue weighted by atomic mass is 35.5. The number of carbonyl (C=O) groups excluding carboxylic acids is 1. The minimum absolute atomic E-state index is 0.111. The second-order valence-corrected chi connectivity index (χ2v) is 8.88. The Morgan fingerprint density at radius 1 is 1.23 bits per heavy atom. The number of benzene rings is 2. The van der Waals surface area contributed by atoms with E-state index >= 15 is 0 Å². The minimum Gasteiger partial charge on any atom is -0.497 e. The number of carbonyl (C=O) groups is 1. The fourth-order valence-corrected chi connectivity index (χ4v) is 4.23. The molecule has 1 aliphatic heterocycles. The zero-order valence-corrected chi connectivity index (χ0v) is 19.6. The van der Waals surface area contributed by atoms with Crippen LogP contribution in [0.25, 0.3) is 0 Å². The van der Waals surface area contributed by atoms with E-state index in [9.17, 15) is 4.79 Å². The molecule has 2 amide bonds. The molecule has 0 radical (unpaired) electrons. The predicted octanol–water partition coefficient (Wildman–Crippen LogP) is 4.62. The Morgan fingerprint density at radius 2 is 2.03 bits per heavy atom. The summed E-state index contributed by atoms with van der Waals surface area (Å²) in [4.78, 5) is 15.1. The second kappa shape index (κ2) is 11.0. The lowest BCUT2D eigenvalue weighted by Crippen LogP contribution is -2.62. The lowest BCUT2D eigenvalue weighted by molar-refractivity contribution is 0.0651. The molecule has 1 aliphatic rings. The Balaban J connectivity index is 1.71. The van der Waals surface area contributed by atoms with Gasteiger partial charge in [0, 0.05) is 37.4 Å². The van der Waals surface area contributed by atoms with Crippen LogP contribution in [-0.4, -0.2) is 49.9 Å². The highest BCUT2D eigenvalue weighted by molar-refractivity contribution is 6.42. The van der Waals surface area contributed by atoms with Crippen molar-refractivity contribution < 1.29 is 9.53 Å². The molecule has 0 unspecified atom stereocenters. The maximum Gasteiger partial charge on any atom is 0.320 e. The monoisotopic (exact) mass is 464 g/mol. The van der Waals surface area contributed by atoms with Crippen molar-refractivity contribution in [3.8, 4) is 5.75 Å². The van der Waals surface area contributed by atoms with Gasteiger partial charge in [0.15, 0.2) is 0 Å². The van der Waals surface area contributed by atoms with E-state index in [1.165, 1.54) is 0 Å². The summed E-state index contributed by atoms with van der Waals surface area (Å²) >= 11 is 12.3. The molecule has 168 valence electrons. The first-order valence-corrected chi connectivity index (χ1v) is 11.2. The molecule has 0 bridgehead atoms. The fourth-order valence-electron chi connectivity index (χ4n) is 3.91. The predicted molar refractivity (Wildman–Crippen MR) is 127 cm³/mol. The molecule has 1 fully saturated rings. The standard InChI is InChI=1S/C23H30Cl2N4O2/c1-15(2)22(28-23(30)27-17-5-4-6-19(13-17)31-3)29-10-9-26-14-18(29)11-16-7-8-20(24)21(25)12-16/h4-8,12-13,15,18,22,26H,9-11,14H2,1-3H3,(H2,27,28,30)/t18-,22-/m1/s1. The molecule has 3 N–H and O–H groups in total. The Morgan fingerprint density at radius 3 is 2.74 bits per heavy atom. The molecule has 3 rings (SSSR count). The summed E-state index contributed by atoms with van der Waals surface area (Å²) < 4.78 is 5.23. The number of amides is 2. The molecule has 1 saturated heterocycles.